The third kappa shape index (κ3) is 3.57. The highest BCUT2D eigenvalue weighted by Crippen LogP contribution is 2.30. The Morgan fingerprint density at radius 3 is 3.12 bits per heavy atom. The monoisotopic (exact) mass is 364 g/mol. The van der Waals surface area contributed by atoms with Crippen LogP contribution in [0.3, 0.4) is 0 Å². The first kappa shape index (κ1) is 16.3. The summed E-state index contributed by atoms with van der Waals surface area (Å²) in [6.45, 7) is 1.47. The molecule has 2 N–H and O–H groups in total. The molecule has 4 rings (SSSR count). The van der Waals surface area contributed by atoms with Crippen molar-refractivity contribution in [2.24, 2.45) is 0 Å². The van der Waals surface area contributed by atoms with E-state index in [9.17, 15) is 4.79 Å². The van der Waals surface area contributed by atoms with Crippen LogP contribution in [0.25, 0.3) is 15.8 Å². The summed E-state index contributed by atoms with van der Waals surface area (Å²) in [4.78, 5) is 19.8. The zero-order chi connectivity index (χ0) is 17.9. The summed E-state index contributed by atoms with van der Waals surface area (Å²) in [6, 6.07) is 6.17. The number of hydrogen-bond acceptors (Lipinski definition) is 6. The second-order valence-electron chi connectivity index (χ2n) is 5.73. The molecular formula is C19H16N4O2S. The molecule has 1 aliphatic carbocycles. The van der Waals surface area contributed by atoms with E-state index in [0.717, 1.165) is 27.9 Å². The predicted molar refractivity (Wildman–Crippen MR) is 105 cm³/mol. The van der Waals surface area contributed by atoms with Crippen LogP contribution in [0.5, 0.6) is 0 Å². The number of fused-ring (bicyclic) bond motifs is 1. The summed E-state index contributed by atoms with van der Waals surface area (Å²) >= 11 is 1.42. The number of benzene rings is 1. The molecule has 0 fully saturated rings. The summed E-state index contributed by atoms with van der Waals surface area (Å²) in [5.41, 5.74) is 2.66. The van der Waals surface area contributed by atoms with Gasteiger partial charge >= 0.3 is 0 Å². The van der Waals surface area contributed by atoms with Gasteiger partial charge < -0.3 is 15.1 Å². The number of aromatic nitrogens is 2. The summed E-state index contributed by atoms with van der Waals surface area (Å²) in [5.74, 6) is 0.577. The van der Waals surface area contributed by atoms with Gasteiger partial charge in [0.2, 0.25) is 5.91 Å². The maximum atomic E-state index is 11.2. The number of nitrogens with zero attached hydrogens (tertiary/aromatic N) is 2. The van der Waals surface area contributed by atoms with Crippen LogP contribution in [0.4, 0.5) is 16.8 Å². The first-order chi connectivity index (χ1) is 12.7. The Labute approximate surface area is 154 Å². The molecule has 6 nitrogen and oxygen atoms in total. The highest BCUT2D eigenvalue weighted by molar-refractivity contribution is 7.22. The number of nitrogens with one attached hydrogen (secondary N) is 2. The van der Waals surface area contributed by atoms with Crippen molar-refractivity contribution in [3.05, 3.63) is 60.5 Å². The van der Waals surface area contributed by atoms with E-state index in [1.807, 2.05) is 36.4 Å². The lowest BCUT2D eigenvalue weighted by Gasteiger charge is -2.01. The molecule has 130 valence electrons. The summed E-state index contributed by atoms with van der Waals surface area (Å²) in [5, 5.41) is 6.46. The van der Waals surface area contributed by atoms with Crippen LogP contribution in [0.1, 0.15) is 19.1 Å². The van der Waals surface area contributed by atoms with Gasteiger partial charge in [-0.15, -0.1) is 0 Å². The molecule has 0 bridgehead atoms. The van der Waals surface area contributed by atoms with Gasteiger partial charge in [-0.25, -0.2) is 9.97 Å². The van der Waals surface area contributed by atoms with Crippen molar-refractivity contribution in [3.63, 3.8) is 0 Å². The number of oxazole rings is 1. The average molecular weight is 364 g/mol. The van der Waals surface area contributed by atoms with Crippen LogP contribution in [-0.4, -0.2) is 15.9 Å². The molecule has 0 atom stereocenters. The molecule has 0 unspecified atom stereocenters. The van der Waals surface area contributed by atoms with Gasteiger partial charge in [0, 0.05) is 18.2 Å². The molecule has 7 heteroatoms. The topological polar surface area (TPSA) is 80.0 Å². The zero-order valence-electron chi connectivity index (χ0n) is 14.0. The minimum atomic E-state index is -0.133. The van der Waals surface area contributed by atoms with E-state index in [2.05, 4.69) is 32.8 Å². The second kappa shape index (κ2) is 6.97. The quantitative estimate of drug-likeness (QED) is 0.689. The summed E-state index contributed by atoms with van der Waals surface area (Å²) < 4.78 is 6.77. The molecule has 1 aliphatic rings. The van der Waals surface area contributed by atoms with Crippen LogP contribution in [0, 0.1) is 0 Å². The number of anilines is 3. The largest absolute Gasteiger partial charge is 0.423 e. The highest BCUT2D eigenvalue weighted by Gasteiger charge is 2.10. The minimum Gasteiger partial charge on any atom is -0.423 e. The van der Waals surface area contributed by atoms with Gasteiger partial charge in [-0.3, -0.25) is 4.79 Å². The Morgan fingerprint density at radius 2 is 2.23 bits per heavy atom. The van der Waals surface area contributed by atoms with Crippen molar-refractivity contribution in [3.8, 4) is 0 Å². The van der Waals surface area contributed by atoms with Gasteiger partial charge in [-0.1, -0.05) is 41.7 Å². The fourth-order valence-electron chi connectivity index (χ4n) is 2.54. The molecule has 0 aliphatic heterocycles. The van der Waals surface area contributed by atoms with Crippen molar-refractivity contribution in [1.29, 1.82) is 0 Å². The number of thiazole rings is 1. The normalized spacial score (nSPS) is 13.5. The lowest BCUT2D eigenvalue weighted by molar-refractivity contribution is -0.114. The van der Waals surface area contributed by atoms with Gasteiger partial charge in [-0.05, 0) is 24.6 Å². The van der Waals surface area contributed by atoms with E-state index in [4.69, 9.17) is 4.42 Å². The predicted octanol–water partition coefficient (Wildman–Crippen LogP) is 4.89. The van der Waals surface area contributed by atoms with Crippen LogP contribution in [0.2, 0.25) is 0 Å². The van der Waals surface area contributed by atoms with Gasteiger partial charge in [0.1, 0.15) is 0 Å². The fourth-order valence-corrected chi connectivity index (χ4v) is 3.49. The lowest BCUT2D eigenvalue weighted by Crippen LogP contribution is -2.04. The Balaban J connectivity index is 1.54. The Hall–Kier alpha value is -3.19. The highest BCUT2D eigenvalue weighted by atomic mass is 32.1. The third-order valence-electron chi connectivity index (χ3n) is 3.69. The smallest absolute Gasteiger partial charge is 0.299 e. The van der Waals surface area contributed by atoms with Crippen molar-refractivity contribution < 1.29 is 9.21 Å². The van der Waals surface area contributed by atoms with Crippen LogP contribution < -0.4 is 10.6 Å². The molecule has 0 saturated carbocycles. The van der Waals surface area contributed by atoms with Crippen LogP contribution in [0.15, 0.2) is 59.2 Å². The molecule has 26 heavy (non-hydrogen) atoms. The Morgan fingerprint density at radius 1 is 1.31 bits per heavy atom. The van der Waals surface area contributed by atoms with E-state index in [1.165, 1.54) is 18.3 Å². The van der Waals surface area contributed by atoms with Gasteiger partial charge in [0.05, 0.1) is 16.4 Å². The van der Waals surface area contributed by atoms with E-state index in [1.54, 1.807) is 6.20 Å². The fraction of sp³-hybridized carbons (Fsp3) is 0.105. The second-order valence-corrected chi connectivity index (χ2v) is 6.76. The van der Waals surface area contributed by atoms with Gasteiger partial charge in [0.25, 0.3) is 6.01 Å². The van der Waals surface area contributed by atoms with Crippen molar-refractivity contribution in [1.82, 2.24) is 9.97 Å². The molecule has 0 radical (unpaired) electrons. The summed E-state index contributed by atoms with van der Waals surface area (Å²) in [6.07, 6.45) is 12.8. The van der Waals surface area contributed by atoms with Crippen molar-refractivity contribution in [2.75, 3.05) is 10.6 Å². The lowest BCUT2D eigenvalue weighted by atomic mass is 10.2. The van der Waals surface area contributed by atoms with Gasteiger partial charge in [-0.2, -0.15) is 0 Å². The Kier molecular flexibility index (Phi) is 4.37. The molecule has 0 spiro atoms. The number of hydrogen-bond donors (Lipinski definition) is 2. The average Bonchev–Trinajstić information content (AvgIpc) is 3.12. The number of carbonyl (C=O) groups is 1. The molecule has 2 heterocycles. The molecule has 3 aromatic rings. The number of rotatable bonds is 4. The van der Waals surface area contributed by atoms with E-state index in [0.29, 0.717) is 16.9 Å². The number of amides is 1. The standard InChI is InChI=1S/C19H16N4O2S/c1-12(24)21-19-23-15-9-8-14(10-17(15)26-19)22-18-20-11-16(25-18)13-6-4-2-3-5-7-13/h2,4-11H,3H2,1H3,(H,20,22)(H,21,23,24). The SMILES string of the molecule is CC(=O)Nc1nc2ccc(Nc3ncc(C4=CC=CCC=C4)o3)cc2s1. The maximum absolute atomic E-state index is 11.2. The third-order valence-corrected chi connectivity index (χ3v) is 4.63. The van der Waals surface area contributed by atoms with Gasteiger partial charge in [0.15, 0.2) is 10.9 Å². The summed E-state index contributed by atoms with van der Waals surface area (Å²) in [7, 11) is 0. The molecule has 0 saturated heterocycles. The molecule has 2 aromatic heterocycles. The first-order valence-corrected chi connectivity index (χ1v) is 8.94. The van der Waals surface area contributed by atoms with Crippen molar-refractivity contribution in [2.45, 2.75) is 13.3 Å². The van der Waals surface area contributed by atoms with Crippen LogP contribution >= 0.6 is 11.3 Å². The Bertz CT molecular complexity index is 1060. The first-order valence-electron chi connectivity index (χ1n) is 8.12. The van der Waals surface area contributed by atoms with Crippen LogP contribution in [-0.2, 0) is 4.79 Å². The molecular weight excluding hydrogens is 348 g/mol. The van der Waals surface area contributed by atoms with E-state index < -0.39 is 0 Å². The number of carbonyl (C=O) groups excluding carboxylic acids is 1. The zero-order valence-corrected chi connectivity index (χ0v) is 14.8. The van der Waals surface area contributed by atoms with Crippen molar-refractivity contribution >= 4 is 49.9 Å². The molecule has 1 amide bonds. The maximum Gasteiger partial charge on any atom is 0.299 e. The minimum absolute atomic E-state index is 0.133. The van der Waals surface area contributed by atoms with E-state index >= 15 is 0 Å². The van der Waals surface area contributed by atoms with E-state index in [-0.39, 0.29) is 5.91 Å². The number of allylic oxidation sites excluding steroid dienone is 6. The molecule has 1 aromatic carbocycles.